The lowest BCUT2D eigenvalue weighted by molar-refractivity contribution is -0.770. The number of hydrogen-bond donors (Lipinski definition) is 0. The zero-order chi connectivity index (χ0) is 14.9. The molecule has 0 bridgehead atoms. The van der Waals surface area contributed by atoms with E-state index in [0.717, 1.165) is 25.7 Å². The summed E-state index contributed by atoms with van der Waals surface area (Å²) in [6.45, 7) is 5.74. The highest BCUT2D eigenvalue weighted by Gasteiger charge is 2.48. The lowest BCUT2D eigenvalue weighted by Crippen LogP contribution is -2.32. The SMILES string of the molecule is CCC(C)(C)C(=O)OC1CCC2C(O[N+](=O)[O-])CCC12. The molecule has 4 atom stereocenters. The van der Waals surface area contributed by atoms with E-state index in [2.05, 4.69) is 0 Å². The average molecular weight is 285 g/mol. The summed E-state index contributed by atoms with van der Waals surface area (Å²) in [5, 5.41) is 9.77. The van der Waals surface area contributed by atoms with Crippen LogP contribution in [0.3, 0.4) is 0 Å². The van der Waals surface area contributed by atoms with Gasteiger partial charge < -0.3 is 9.57 Å². The Labute approximate surface area is 118 Å². The normalized spacial score (nSPS) is 32.8. The van der Waals surface area contributed by atoms with E-state index in [1.807, 2.05) is 20.8 Å². The smallest absolute Gasteiger partial charge is 0.311 e. The van der Waals surface area contributed by atoms with Crippen molar-refractivity contribution < 1.29 is 19.5 Å². The second-order valence-electron chi connectivity index (χ2n) is 6.53. The van der Waals surface area contributed by atoms with Gasteiger partial charge in [0.2, 0.25) is 0 Å². The summed E-state index contributed by atoms with van der Waals surface area (Å²) in [6.07, 6.45) is 3.47. The minimum atomic E-state index is -0.702. The van der Waals surface area contributed by atoms with E-state index in [-0.39, 0.29) is 30.0 Å². The Balaban J connectivity index is 1.94. The maximum Gasteiger partial charge on any atom is 0.311 e. The molecule has 0 amide bonds. The van der Waals surface area contributed by atoms with E-state index in [1.165, 1.54) is 0 Å². The number of carbonyl (C=O) groups excluding carboxylic acids is 1. The molecule has 2 saturated carbocycles. The first-order valence-electron chi connectivity index (χ1n) is 7.37. The maximum atomic E-state index is 12.1. The summed E-state index contributed by atoms with van der Waals surface area (Å²) >= 11 is 0. The van der Waals surface area contributed by atoms with Crippen LogP contribution in [0.1, 0.15) is 52.9 Å². The van der Waals surface area contributed by atoms with Gasteiger partial charge in [0.25, 0.3) is 5.09 Å². The van der Waals surface area contributed by atoms with Crippen LogP contribution in [0.5, 0.6) is 0 Å². The summed E-state index contributed by atoms with van der Waals surface area (Å²) in [5.41, 5.74) is -0.465. The predicted octanol–water partition coefficient (Wildman–Crippen LogP) is 2.73. The van der Waals surface area contributed by atoms with Crippen LogP contribution in [-0.4, -0.2) is 23.3 Å². The fraction of sp³-hybridized carbons (Fsp3) is 0.929. The van der Waals surface area contributed by atoms with Crippen molar-refractivity contribution in [1.82, 2.24) is 0 Å². The van der Waals surface area contributed by atoms with Gasteiger partial charge in [-0.05, 0) is 51.9 Å². The van der Waals surface area contributed by atoms with Crippen molar-refractivity contribution in [3.8, 4) is 0 Å². The summed E-state index contributed by atoms with van der Waals surface area (Å²) in [6, 6.07) is 0. The summed E-state index contributed by atoms with van der Waals surface area (Å²) in [7, 11) is 0. The Bertz CT molecular complexity index is 395. The Hall–Kier alpha value is -1.33. The van der Waals surface area contributed by atoms with Gasteiger partial charge in [0, 0.05) is 5.92 Å². The molecule has 114 valence electrons. The summed E-state index contributed by atoms with van der Waals surface area (Å²) in [4.78, 5) is 27.4. The van der Waals surface area contributed by atoms with Gasteiger partial charge in [-0.2, -0.15) is 0 Å². The van der Waals surface area contributed by atoms with Gasteiger partial charge >= 0.3 is 5.97 Å². The van der Waals surface area contributed by atoms with E-state index in [4.69, 9.17) is 9.57 Å². The molecule has 0 aromatic rings. The minimum absolute atomic E-state index is 0.0984. The molecular weight excluding hydrogens is 262 g/mol. The number of carbonyl (C=O) groups is 1. The van der Waals surface area contributed by atoms with Crippen molar-refractivity contribution in [3.05, 3.63) is 10.1 Å². The van der Waals surface area contributed by atoms with Crippen molar-refractivity contribution >= 4 is 5.97 Å². The molecule has 0 aromatic carbocycles. The van der Waals surface area contributed by atoms with Crippen molar-refractivity contribution in [2.24, 2.45) is 17.3 Å². The summed E-state index contributed by atoms with van der Waals surface area (Å²) in [5.74, 6) is 0.212. The third kappa shape index (κ3) is 2.88. The summed E-state index contributed by atoms with van der Waals surface area (Å²) < 4.78 is 5.67. The zero-order valence-corrected chi connectivity index (χ0v) is 12.3. The van der Waals surface area contributed by atoms with Crippen LogP contribution in [0.4, 0.5) is 0 Å². The van der Waals surface area contributed by atoms with Crippen LogP contribution < -0.4 is 0 Å². The van der Waals surface area contributed by atoms with Gasteiger partial charge in [0.1, 0.15) is 12.2 Å². The zero-order valence-electron chi connectivity index (χ0n) is 12.3. The topological polar surface area (TPSA) is 78.7 Å². The van der Waals surface area contributed by atoms with Crippen molar-refractivity contribution in [3.63, 3.8) is 0 Å². The number of nitrogens with zero attached hydrogens (tertiary/aromatic N) is 1. The van der Waals surface area contributed by atoms with Crippen LogP contribution in [-0.2, 0) is 14.4 Å². The number of fused-ring (bicyclic) bond motifs is 1. The molecule has 0 N–H and O–H groups in total. The highest BCUT2D eigenvalue weighted by Crippen LogP contribution is 2.47. The maximum absolute atomic E-state index is 12.1. The molecule has 2 aliphatic rings. The van der Waals surface area contributed by atoms with Gasteiger partial charge in [0.05, 0.1) is 5.41 Å². The highest BCUT2D eigenvalue weighted by atomic mass is 17.0. The largest absolute Gasteiger partial charge is 0.462 e. The predicted molar refractivity (Wildman–Crippen MR) is 71.3 cm³/mol. The molecular formula is C14H23NO5. The Kier molecular flexibility index (Phi) is 4.20. The average Bonchev–Trinajstić information content (AvgIpc) is 2.93. The third-order valence-corrected chi connectivity index (χ3v) is 4.99. The number of esters is 1. The van der Waals surface area contributed by atoms with Crippen LogP contribution >= 0.6 is 0 Å². The van der Waals surface area contributed by atoms with Gasteiger partial charge in [-0.25, -0.2) is 0 Å². The fourth-order valence-electron chi connectivity index (χ4n) is 3.32. The van der Waals surface area contributed by atoms with Crippen molar-refractivity contribution in [2.75, 3.05) is 0 Å². The highest BCUT2D eigenvalue weighted by molar-refractivity contribution is 5.76. The lowest BCUT2D eigenvalue weighted by atomic mass is 9.90. The molecule has 2 aliphatic carbocycles. The van der Waals surface area contributed by atoms with Crippen LogP contribution in [0, 0.1) is 27.4 Å². The van der Waals surface area contributed by atoms with Gasteiger partial charge in [-0.15, -0.1) is 10.1 Å². The number of hydrogen-bond acceptors (Lipinski definition) is 5. The van der Waals surface area contributed by atoms with Crippen LogP contribution in [0.25, 0.3) is 0 Å². The van der Waals surface area contributed by atoms with Crippen LogP contribution in [0.2, 0.25) is 0 Å². The standard InChI is InChI=1S/C14H23NO5/c1-4-14(2,3)13(16)19-11-7-5-10-9(11)6-8-12(10)20-15(17)18/h9-12H,4-8H2,1-3H3. The van der Waals surface area contributed by atoms with Gasteiger partial charge in [0.15, 0.2) is 0 Å². The molecule has 2 rings (SSSR count). The number of ether oxygens (including phenoxy) is 1. The second kappa shape index (κ2) is 5.58. The Morgan fingerprint density at radius 2 is 1.75 bits per heavy atom. The molecule has 0 heterocycles. The second-order valence-corrected chi connectivity index (χ2v) is 6.53. The molecule has 20 heavy (non-hydrogen) atoms. The monoisotopic (exact) mass is 285 g/mol. The van der Waals surface area contributed by atoms with Crippen molar-refractivity contribution in [2.45, 2.75) is 65.1 Å². The molecule has 0 saturated heterocycles. The lowest BCUT2D eigenvalue weighted by Gasteiger charge is -2.26. The third-order valence-electron chi connectivity index (χ3n) is 4.99. The molecule has 0 aromatic heterocycles. The van der Waals surface area contributed by atoms with E-state index < -0.39 is 10.5 Å². The Morgan fingerprint density at radius 3 is 2.30 bits per heavy atom. The van der Waals surface area contributed by atoms with E-state index >= 15 is 0 Å². The van der Waals surface area contributed by atoms with E-state index in [0.29, 0.717) is 6.42 Å². The molecule has 0 spiro atoms. The van der Waals surface area contributed by atoms with E-state index in [1.54, 1.807) is 0 Å². The molecule has 4 unspecified atom stereocenters. The number of rotatable bonds is 5. The first-order chi connectivity index (χ1) is 9.35. The minimum Gasteiger partial charge on any atom is -0.462 e. The first kappa shape index (κ1) is 15.1. The van der Waals surface area contributed by atoms with Gasteiger partial charge in [-0.3, -0.25) is 4.79 Å². The first-order valence-corrected chi connectivity index (χ1v) is 7.37. The molecule has 0 radical (unpaired) electrons. The molecule has 6 nitrogen and oxygen atoms in total. The fourth-order valence-corrected chi connectivity index (χ4v) is 3.32. The van der Waals surface area contributed by atoms with Crippen molar-refractivity contribution in [1.29, 1.82) is 0 Å². The molecule has 2 fully saturated rings. The van der Waals surface area contributed by atoms with Gasteiger partial charge in [-0.1, -0.05) is 6.92 Å². The van der Waals surface area contributed by atoms with E-state index in [9.17, 15) is 14.9 Å². The van der Waals surface area contributed by atoms with Crippen LogP contribution in [0.15, 0.2) is 0 Å². The Morgan fingerprint density at radius 1 is 1.20 bits per heavy atom. The molecule has 0 aliphatic heterocycles. The quantitative estimate of drug-likeness (QED) is 0.441. The molecule has 6 heteroatoms.